The van der Waals surface area contributed by atoms with Gasteiger partial charge in [0.15, 0.2) is 17.5 Å². The monoisotopic (exact) mass is 339 g/mol. The van der Waals surface area contributed by atoms with Crippen molar-refractivity contribution >= 4 is 11.6 Å². The van der Waals surface area contributed by atoms with Crippen LogP contribution in [0.15, 0.2) is 47.5 Å². The lowest BCUT2D eigenvalue weighted by Gasteiger charge is -2.24. The van der Waals surface area contributed by atoms with Gasteiger partial charge in [-0.1, -0.05) is 24.3 Å². The van der Waals surface area contributed by atoms with E-state index in [0.717, 1.165) is 18.5 Å². The van der Waals surface area contributed by atoms with E-state index in [1.165, 1.54) is 17.5 Å². The molecule has 0 amide bonds. The van der Waals surface area contributed by atoms with Gasteiger partial charge in [-0.25, -0.2) is 0 Å². The lowest BCUT2D eigenvalue weighted by Crippen LogP contribution is -2.24. The number of ether oxygens (including phenoxy) is 2. The Morgan fingerprint density at radius 3 is 2.76 bits per heavy atom. The second kappa shape index (κ2) is 7.92. The van der Waals surface area contributed by atoms with Gasteiger partial charge in [-0.2, -0.15) is 0 Å². The summed E-state index contributed by atoms with van der Waals surface area (Å²) in [6.45, 7) is 0.698. The molecule has 5 nitrogen and oxygen atoms in total. The summed E-state index contributed by atoms with van der Waals surface area (Å²) in [6, 6.07) is 14.2. The summed E-state index contributed by atoms with van der Waals surface area (Å²) in [4.78, 5) is 4.55. The third kappa shape index (κ3) is 4.05. The molecule has 1 atom stereocenters. The summed E-state index contributed by atoms with van der Waals surface area (Å²) in [5, 5.41) is 3.12. The quantitative estimate of drug-likeness (QED) is 0.646. The molecule has 0 heterocycles. The maximum absolute atomic E-state index is 6.07. The summed E-state index contributed by atoms with van der Waals surface area (Å²) in [6.07, 6.45) is 3.53. The molecule has 5 heteroatoms. The molecule has 3 rings (SSSR count). The van der Waals surface area contributed by atoms with E-state index < -0.39 is 0 Å². The number of aliphatic imine (C=N–C) groups is 1. The average molecular weight is 339 g/mol. The Morgan fingerprint density at radius 2 is 1.96 bits per heavy atom. The van der Waals surface area contributed by atoms with Crippen molar-refractivity contribution in [1.82, 2.24) is 0 Å². The Kier molecular flexibility index (Phi) is 5.43. The lowest BCUT2D eigenvalue weighted by molar-refractivity contribution is 0.355. The number of hydrogen-bond acceptors (Lipinski definition) is 3. The number of nitrogens with one attached hydrogen (secondary N) is 1. The van der Waals surface area contributed by atoms with Gasteiger partial charge in [-0.15, -0.1) is 0 Å². The van der Waals surface area contributed by atoms with Gasteiger partial charge in [0.2, 0.25) is 0 Å². The number of methoxy groups -OCH3 is 2. The number of fused-ring (bicyclic) bond motifs is 1. The largest absolute Gasteiger partial charge is 0.493 e. The molecule has 132 valence electrons. The summed E-state index contributed by atoms with van der Waals surface area (Å²) in [5.74, 6) is 2.19. The van der Waals surface area contributed by atoms with Crippen molar-refractivity contribution in [3.05, 3.63) is 53.6 Å². The van der Waals surface area contributed by atoms with Crippen molar-refractivity contribution in [2.24, 2.45) is 10.7 Å². The van der Waals surface area contributed by atoms with E-state index in [1.54, 1.807) is 14.2 Å². The smallest absolute Gasteiger partial charge is 0.193 e. The summed E-state index contributed by atoms with van der Waals surface area (Å²) >= 11 is 0. The highest BCUT2D eigenvalue weighted by Crippen LogP contribution is 2.32. The van der Waals surface area contributed by atoms with Crippen molar-refractivity contribution in [3.63, 3.8) is 0 Å². The Morgan fingerprint density at radius 1 is 1.16 bits per heavy atom. The lowest BCUT2D eigenvalue weighted by atomic mass is 9.83. The molecule has 0 spiro atoms. The molecule has 2 aromatic carbocycles. The normalized spacial score (nSPS) is 16.9. The van der Waals surface area contributed by atoms with Gasteiger partial charge in [0.1, 0.15) is 0 Å². The summed E-state index contributed by atoms with van der Waals surface area (Å²) in [5.41, 5.74) is 9.75. The third-order valence-electron chi connectivity index (χ3n) is 4.63. The highest BCUT2D eigenvalue weighted by Gasteiger charge is 2.19. The summed E-state index contributed by atoms with van der Waals surface area (Å²) < 4.78 is 10.5. The number of benzene rings is 2. The molecule has 0 saturated heterocycles. The van der Waals surface area contributed by atoms with E-state index >= 15 is 0 Å². The van der Waals surface area contributed by atoms with Crippen LogP contribution in [0, 0.1) is 0 Å². The van der Waals surface area contributed by atoms with Gasteiger partial charge < -0.3 is 20.5 Å². The number of nitrogens with two attached hydrogens (primary N) is 1. The first-order chi connectivity index (χ1) is 12.2. The first kappa shape index (κ1) is 17.1. The maximum atomic E-state index is 6.07. The van der Waals surface area contributed by atoms with Crippen molar-refractivity contribution in [2.45, 2.75) is 25.2 Å². The predicted octanol–water partition coefficient (Wildman–Crippen LogP) is 3.55. The first-order valence-corrected chi connectivity index (χ1v) is 8.58. The van der Waals surface area contributed by atoms with Crippen molar-refractivity contribution in [1.29, 1.82) is 0 Å². The molecule has 0 aromatic heterocycles. The van der Waals surface area contributed by atoms with Crippen LogP contribution in [0.5, 0.6) is 11.5 Å². The van der Waals surface area contributed by atoms with E-state index in [0.29, 0.717) is 29.9 Å². The molecule has 0 fully saturated rings. The molecular weight excluding hydrogens is 314 g/mol. The highest BCUT2D eigenvalue weighted by molar-refractivity contribution is 5.92. The highest BCUT2D eigenvalue weighted by atomic mass is 16.5. The van der Waals surface area contributed by atoms with Crippen LogP contribution >= 0.6 is 0 Å². The van der Waals surface area contributed by atoms with Gasteiger partial charge in [0.25, 0.3) is 0 Å². The molecule has 1 unspecified atom stereocenters. The van der Waals surface area contributed by atoms with Crippen LogP contribution in [0.3, 0.4) is 0 Å². The molecule has 0 bridgehead atoms. The van der Waals surface area contributed by atoms with E-state index in [2.05, 4.69) is 34.6 Å². The molecular formula is C20H25N3O2. The molecule has 3 N–H and O–H groups in total. The number of aryl methyl sites for hydroxylation is 1. The topological polar surface area (TPSA) is 68.9 Å². The Hall–Kier alpha value is -2.69. The zero-order valence-corrected chi connectivity index (χ0v) is 14.8. The van der Waals surface area contributed by atoms with Gasteiger partial charge in [-0.05, 0) is 42.5 Å². The molecule has 0 aliphatic heterocycles. The van der Waals surface area contributed by atoms with Crippen LogP contribution in [0.2, 0.25) is 0 Å². The minimum absolute atomic E-state index is 0.412. The van der Waals surface area contributed by atoms with Gasteiger partial charge in [-0.3, -0.25) is 4.99 Å². The molecule has 2 aromatic rings. The zero-order chi connectivity index (χ0) is 17.6. The first-order valence-electron chi connectivity index (χ1n) is 8.58. The SMILES string of the molecule is COc1ccc(NC(N)=NCC2CCCc3ccccc32)cc1OC. The Balaban J connectivity index is 1.67. The van der Waals surface area contributed by atoms with Gasteiger partial charge >= 0.3 is 0 Å². The number of rotatable bonds is 5. The van der Waals surface area contributed by atoms with E-state index in [9.17, 15) is 0 Å². The van der Waals surface area contributed by atoms with Crippen molar-refractivity contribution < 1.29 is 9.47 Å². The van der Waals surface area contributed by atoms with E-state index in [-0.39, 0.29) is 0 Å². The molecule has 0 radical (unpaired) electrons. The van der Waals surface area contributed by atoms with E-state index in [1.807, 2.05) is 18.2 Å². The van der Waals surface area contributed by atoms with Crippen molar-refractivity contribution in [3.8, 4) is 11.5 Å². The standard InChI is InChI=1S/C20H25N3O2/c1-24-18-11-10-16(12-19(18)25-2)23-20(21)22-13-15-8-5-7-14-6-3-4-9-17(14)15/h3-4,6,9-12,15H,5,7-8,13H2,1-2H3,(H3,21,22,23). The Bertz CT molecular complexity index is 758. The number of nitrogens with zero attached hydrogens (tertiary/aromatic N) is 1. The third-order valence-corrected chi connectivity index (χ3v) is 4.63. The van der Waals surface area contributed by atoms with Crippen LogP contribution in [0.25, 0.3) is 0 Å². The van der Waals surface area contributed by atoms with Crippen LogP contribution in [0.1, 0.15) is 29.9 Å². The fourth-order valence-corrected chi connectivity index (χ4v) is 3.35. The second-order valence-corrected chi connectivity index (χ2v) is 6.21. The fraction of sp³-hybridized carbons (Fsp3) is 0.350. The maximum Gasteiger partial charge on any atom is 0.193 e. The average Bonchev–Trinajstić information content (AvgIpc) is 2.66. The molecule has 1 aliphatic carbocycles. The minimum atomic E-state index is 0.412. The summed E-state index contributed by atoms with van der Waals surface area (Å²) in [7, 11) is 3.22. The van der Waals surface area contributed by atoms with Crippen LogP contribution < -0.4 is 20.5 Å². The molecule has 1 aliphatic rings. The predicted molar refractivity (Wildman–Crippen MR) is 102 cm³/mol. The fourth-order valence-electron chi connectivity index (χ4n) is 3.35. The van der Waals surface area contributed by atoms with Gasteiger partial charge in [0.05, 0.1) is 14.2 Å². The van der Waals surface area contributed by atoms with Crippen LogP contribution in [-0.4, -0.2) is 26.7 Å². The number of anilines is 1. The second-order valence-electron chi connectivity index (χ2n) is 6.21. The molecule has 0 saturated carbocycles. The minimum Gasteiger partial charge on any atom is -0.493 e. The van der Waals surface area contributed by atoms with Crippen molar-refractivity contribution in [2.75, 3.05) is 26.1 Å². The van der Waals surface area contributed by atoms with Gasteiger partial charge in [0, 0.05) is 24.2 Å². The van der Waals surface area contributed by atoms with Crippen LogP contribution in [0.4, 0.5) is 5.69 Å². The Labute approximate surface area is 148 Å². The van der Waals surface area contributed by atoms with Crippen LogP contribution in [-0.2, 0) is 6.42 Å². The zero-order valence-electron chi connectivity index (χ0n) is 14.8. The van der Waals surface area contributed by atoms with E-state index in [4.69, 9.17) is 15.2 Å². The number of guanidine groups is 1. The molecule has 25 heavy (non-hydrogen) atoms. The number of hydrogen-bond donors (Lipinski definition) is 2.